The fourth-order valence-electron chi connectivity index (χ4n) is 0.777. The van der Waals surface area contributed by atoms with Gasteiger partial charge < -0.3 is 5.32 Å². The molecule has 0 spiro atoms. The number of anilines is 1. The Morgan fingerprint density at radius 1 is 1.33 bits per heavy atom. The minimum Gasteiger partial charge on any atom is -0.326 e. The zero-order chi connectivity index (χ0) is 9.14. The maximum absolute atomic E-state index is 10.6. The van der Waals surface area contributed by atoms with Crippen molar-refractivity contribution < 1.29 is 4.79 Å². The topological polar surface area (TPSA) is 29.1 Å². The first-order chi connectivity index (χ1) is 5.59. The molecule has 0 heterocycles. The lowest BCUT2D eigenvalue weighted by Crippen LogP contribution is -2.05. The van der Waals surface area contributed by atoms with Gasteiger partial charge in [0.1, 0.15) is 0 Å². The number of hydrogen-bond donors (Lipinski definition) is 1. The van der Waals surface area contributed by atoms with Crippen LogP contribution in [-0.4, -0.2) is 5.91 Å². The Hall–Kier alpha value is -0.730. The molecular formula is C8H7Cl2NO. The third-order valence-corrected chi connectivity index (χ3v) is 1.98. The van der Waals surface area contributed by atoms with Gasteiger partial charge >= 0.3 is 0 Å². The molecule has 0 atom stereocenters. The zero-order valence-electron chi connectivity index (χ0n) is 6.40. The standard InChI is InChI=1S/C8H7Cl2NO/c1-5(12)11-6-2-3-7(9)8(10)4-6/h2-4H,1H3,(H,11,12)/i2+2,3+2,4+2,6+2,7+2,8+2. The van der Waals surface area contributed by atoms with E-state index in [4.69, 9.17) is 23.2 Å². The highest BCUT2D eigenvalue weighted by atomic mass is 35.5. The summed E-state index contributed by atoms with van der Waals surface area (Å²) in [5.74, 6) is -0.131. The lowest BCUT2D eigenvalue weighted by Gasteiger charge is -2.02. The highest BCUT2D eigenvalue weighted by molar-refractivity contribution is 6.42. The van der Waals surface area contributed by atoms with Crippen molar-refractivity contribution in [3.05, 3.63) is 28.2 Å². The molecule has 1 aromatic carbocycles. The molecule has 4 heteroatoms. The van der Waals surface area contributed by atoms with Crippen LogP contribution in [-0.2, 0) is 4.79 Å². The molecule has 0 aliphatic rings. The van der Waals surface area contributed by atoms with Gasteiger partial charge in [0.15, 0.2) is 0 Å². The van der Waals surface area contributed by atoms with Gasteiger partial charge in [-0.05, 0) is 18.2 Å². The fourth-order valence-corrected chi connectivity index (χ4v) is 1.08. The minimum absolute atomic E-state index is 0.131. The summed E-state index contributed by atoms with van der Waals surface area (Å²) in [6.07, 6.45) is 0. The van der Waals surface area contributed by atoms with Crippen LogP contribution in [0.5, 0.6) is 0 Å². The molecule has 0 aromatic heterocycles. The van der Waals surface area contributed by atoms with Gasteiger partial charge in [-0.25, -0.2) is 0 Å². The molecule has 2 nitrogen and oxygen atoms in total. The van der Waals surface area contributed by atoms with E-state index in [1.54, 1.807) is 18.2 Å². The highest BCUT2D eigenvalue weighted by Gasteiger charge is 1.99. The van der Waals surface area contributed by atoms with Gasteiger partial charge in [0.25, 0.3) is 0 Å². The second-order valence-corrected chi connectivity index (χ2v) is 3.12. The van der Waals surface area contributed by atoms with E-state index < -0.39 is 0 Å². The van der Waals surface area contributed by atoms with Crippen molar-refractivity contribution in [1.29, 1.82) is 0 Å². The summed E-state index contributed by atoms with van der Waals surface area (Å²) >= 11 is 11.4. The monoisotopic (exact) mass is 215 g/mol. The van der Waals surface area contributed by atoms with Gasteiger partial charge in [0.05, 0.1) is 10.0 Å². The second kappa shape index (κ2) is 3.78. The number of carbonyl (C=O) groups excluding carboxylic acids is 1. The minimum atomic E-state index is -0.131. The molecule has 12 heavy (non-hydrogen) atoms. The molecule has 0 unspecified atom stereocenters. The van der Waals surface area contributed by atoms with E-state index in [1.807, 2.05) is 0 Å². The molecule has 0 aliphatic heterocycles. The lowest BCUT2D eigenvalue weighted by molar-refractivity contribution is -0.114. The van der Waals surface area contributed by atoms with Gasteiger partial charge in [0, 0.05) is 12.6 Å². The van der Waals surface area contributed by atoms with Gasteiger partial charge in [-0.2, -0.15) is 0 Å². The number of carbonyl (C=O) groups is 1. The van der Waals surface area contributed by atoms with Crippen LogP contribution in [0.4, 0.5) is 5.69 Å². The molecule has 1 rings (SSSR count). The summed E-state index contributed by atoms with van der Waals surface area (Å²) in [5.41, 5.74) is 0.650. The van der Waals surface area contributed by atoms with E-state index in [0.717, 1.165) is 0 Å². The SMILES string of the molecule is CC(=O)N[14c]1[14cH][14cH][14c](Cl)[14c](Cl)[14cH]1. The van der Waals surface area contributed by atoms with Crippen molar-refractivity contribution in [2.75, 3.05) is 5.32 Å². The summed E-state index contributed by atoms with van der Waals surface area (Å²) in [7, 11) is 0. The van der Waals surface area contributed by atoms with Crippen LogP contribution in [0.1, 0.15) is 6.92 Å². The molecule has 64 valence electrons. The lowest BCUT2D eigenvalue weighted by atomic mass is 10.8. The molecule has 0 radical (unpaired) electrons. The summed E-state index contributed by atoms with van der Waals surface area (Å²) < 4.78 is 0. The van der Waals surface area contributed by atoms with E-state index in [9.17, 15) is 4.79 Å². The van der Waals surface area contributed by atoms with E-state index in [1.165, 1.54) is 6.92 Å². The summed E-state index contributed by atoms with van der Waals surface area (Å²) in [6, 6.07) is 4.93. The van der Waals surface area contributed by atoms with E-state index in [2.05, 4.69) is 5.32 Å². The first kappa shape index (κ1) is 9.36. The van der Waals surface area contributed by atoms with E-state index >= 15 is 0 Å². The van der Waals surface area contributed by atoms with E-state index in [-0.39, 0.29) is 5.91 Å². The maximum Gasteiger partial charge on any atom is 0.221 e. The van der Waals surface area contributed by atoms with Crippen molar-refractivity contribution in [3.63, 3.8) is 0 Å². The number of amides is 1. The molecule has 1 aromatic rings. The Morgan fingerprint density at radius 3 is 2.50 bits per heavy atom. The molecular weight excluding hydrogens is 209 g/mol. The third-order valence-electron chi connectivity index (χ3n) is 1.24. The molecule has 0 saturated carbocycles. The number of nitrogens with one attached hydrogen (secondary N) is 1. The Kier molecular flexibility index (Phi) is 2.95. The summed E-state index contributed by atoms with van der Waals surface area (Å²) in [6.45, 7) is 1.43. The quantitative estimate of drug-likeness (QED) is 0.767. The number of halogens is 2. The van der Waals surface area contributed by atoms with Crippen molar-refractivity contribution in [2.45, 2.75) is 6.92 Å². The molecule has 1 N–H and O–H groups in total. The fraction of sp³-hybridized carbons (Fsp3) is 0.125. The van der Waals surface area contributed by atoms with Crippen LogP contribution >= 0.6 is 23.2 Å². The van der Waals surface area contributed by atoms with Crippen LogP contribution < -0.4 is 5.32 Å². The van der Waals surface area contributed by atoms with Crippen molar-refractivity contribution in [2.24, 2.45) is 0 Å². The van der Waals surface area contributed by atoms with Gasteiger partial charge in [0.2, 0.25) is 5.91 Å². The van der Waals surface area contributed by atoms with Crippen LogP contribution in [0, 0.1) is 0 Å². The second-order valence-electron chi connectivity index (χ2n) is 2.31. The van der Waals surface area contributed by atoms with Gasteiger partial charge in [-0.15, -0.1) is 0 Å². The number of benzene rings is 1. The van der Waals surface area contributed by atoms with Crippen LogP contribution in [0.2, 0.25) is 10.0 Å². The largest absolute Gasteiger partial charge is 0.326 e. The Bertz CT molecular complexity index is 312. The first-order valence-corrected chi connectivity index (χ1v) is 4.08. The normalized spacial score (nSPS) is 9.58. The molecule has 0 fully saturated rings. The predicted molar refractivity (Wildman–Crippen MR) is 50.8 cm³/mol. The van der Waals surface area contributed by atoms with Crippen molar-refractivity contribution >= 4 is 34.8 Å². The Labute approximate surface area is 80.5 Å². The highest BCUT2D eigenvalue weighted by Crippen LogP contribution is 2.24. The molecule has 0 saturated heterocycles. The molecule has 0 aliphatic carbocycles. The van der Waals surface area contributed by atoms with Crippen LogP contribution in [0.15, 0.2) is 18.2 Å². The predicted octanol–water partition coefficient (Wildman–Crippen LogP) is 2.95. The smallest absolute Gasteiger partial charge is 0.221 e. The maximum atomic E-state index is 10.6. The van der Waals surface area contributed by atoms with Gasteiger partial charge in [-0.3, -0.25) is 4.79 Å². The zero-order valence-corrected chi connectivity index (χ0v) is 7.91. The van der Waals surface area contributed by atoms with Crippen LogP contribution in [0.3, 0.4) is 0 Å². The molecule has 0 bridgehead atoms. The summed E-state index contributed by atoms with van der Waals surface area (Å²) in [5, 5.41) is 3.50. The Morgan fingerprint density at radius 2 is 2.00 bits per heavy atom. The van der Waals surface area contributed by atoms with Crippen molar-refractivity contribution in [3.8, 4) is 0 Å². The van der Waals surface area contributed by atoms with E-state index in [0.29, 0.717) is 15.7 Å². The first-order valence-electron chi connectivity index (χ1n) is 3.32. The average molecular weight is 216 g/mol. The number of rotatable bonds is 1. The third kappa shape index (κ3) is 2.40. The van der Waals surface area contributed by atoms with Crippen LogP contribution in [0.25, 0.3) is 0 Å². The Balaban J connectivity index is 2.89. The van der Waals surface area contributed by atoms with Crippen molar-refractivity contribution in [1.82, 2.24) is 0 Å². The number of hydrogen-bond acceptors (Lipinski definition) is 1. The van der Waals surface area contributed by atoms with Gasteiger partial charge in [-0.1, -0.05) is 23.2 Å². The molecule has 1 amide bonds. The average Bonchev–Trinajstić information content (AvgIpc) is 1.96. The summed E-state index contributed by atoms with van der Waals surface area (Å²) in [4.78, 5) is 10.6.